The second kappa shape index (κ2) is 5.33. The number of nitrogens with one attached hydrogen (secondary N) is 1. The van der Waals surface area contributed by atoms with E-state index >= 15 is 0 Å². The first-order chi connectivity index (χ1) is 11.8. The van der Waals surface area contributed by atoms with Gasteiger partial charge in [-0.05, 0) is 50.7 Å². The zero-order chi connectivity index (χ0) is 16.1. The number of H-pyrrole nitrogens is 1. The largest absolute Gasteiger partial charge is 0.423 e. The molecule has 5 rings (SSSR count). The lowest BCUT2D eigenvalue weighted by Gasteiger charge is -2.20. The van der Waals surface area contributed by atoms with Crippen molar-refractivity contribution in [2.24, 2.45) is 0 Å². The number of aromatic nitrogens is 3. The van der Waals surface area contributed by atoms with Crippen molar-refractivity contribution in [2.45, 2.75) is 44.6 Å². The summed E-state index contributed by atoms with van der Waals surface area (Å²) in [4.78, 5) is 15.0. The van der Waals surface area contributed by atoms with Crippen molar-refractivity contribution in [3.8, 4) is 0 Å². The summed E-state index contributed by atoms with van der Waals surface area (Å²) in [5.41, 5.74) is 3.70. The third kappa shape index (κ3) is 2.20. The second-order valence-corrected chi connectivity index (χ2v) is 6.71. The van der Waals surface area contributed by atoms with Gasteiger partial charge in [0.05, 0.1) is 11.7 Å². The van der Waals surface area contributed by atoms with Crippen molar-refractivity contribution < 1.29 is 8.81 Å². The van der Waals surface area contributed by atoms with Gasteiger partial charge >= 0.3 is 0 Å². The van der Waals surface area contributed by atoms with E-state index in [0.717, 1.165) is 38.1 Å². The molecule has 2 aromatic heterocycles. The topological polar surface area (TPSA) is 58.0 Å². The Morgan fingerprint density at radius 2 is 2.08 bits per heavy atom. The van der Waals surface area contributed by atoms with Crippen molar-refractivity contribution >= 4 is 17.1 Å². The highest BCUT2D eigenvalue weighted by Gasteiger charge is 2.32. The maximum atomic E-state index is 13.4. The number of rotatable bonds is 2. The summed E-state index contributed by atoms with van der Waals surface area (Å²) in [6.45, 7) is 0.880. The van der Waals surface area contributed by atoms with Crippen LogP contribution in [0.1, 0.15) is 48.9 Å². The molecule has 3 heterocycles. The van der Waals surface area contributed by atoms with E-state index in [1.54, 1.807) is 6.07 Å². The molecule has 1 aromatic carbocycles. The Morgan fingerprint density at radius 3 is 3.00 bits per heavy atom. The van der Waals surface area contributed by atoms with E-state index in [4.69, 9.17) is 9.40 Å². The van der Waals surface area contributed by atoms with Crippen LogP contribution >= 0.6 is 0 Å². The average Bonchev–Trinajstić information content (AvgIpc) is 3.30. The van der Waals surface area contributed by atoms with Crippen molar-refractivity contribution in [3.05, 3.63) is 41.2 Å². The maximum Gasteiger partial charge on any atom is 0.299 e. The van der Waals surface area contributed by atoms with Gasteiger partial charge in [0.2, 0.25) is 0 Å². The monoisotopic (exact) mass is 326 g/mol. The van der Waals surface area contributed by atoms with Crippen LogP contribution in [0.5, 0.6) is 0 Å². The van der Waals surface area contributed by atoms with E-state index in [0.29, 0.717) is 17.1 Å². The highest BCUT2D eigenvalue weighted by atomic mass is 19.1. The molecule has 1 unspecified atom stereocenters. The second-order valence-electron chi connectivity index (χ2n) is 6.71. The minimum absolute atomic E-state index is 0.161. The van der Waals surface area contributed by atoms with Gasteiger partial charge in [0.15, 0.2) is 5.58 Å². The smallest absolute Gasteiger partial charge is 0.299 e. The number of nitrogens with zero attached hydrogens (tertiary/aromatic N) is 3. The molecule has 3 aromatic rings. The van der Waals surface area contributed by atoms with Gasteiger partial charge < -0.3 is 14.3 Å². The number of oxazole rings is 1. The first kappa shape index (κ1) is 14.0. The number of anilines is 1. The molecule has 1 atom stereocenters. The van der Waals surface area contributed by atoms with Crippen molar-refractivity contribution in [2.75, 3.05) is 11.4 Å². The molecule has 1 N–H and O–H groups in total. The SMILES string of the molecule is Fc1ccc2oc(N3CCCC3c3nc4c([nH]3)CCCC4)nc2c1. The molecule has 0 radical (unpaired) electrons. The molecule has 6 heteroatoms. The fraction of sp³-hybridized carbons (Fsp3) is 0.444. The van der Waals surface area contributed by atoms with E-state index in [1.165, 1.54) is 36.4 Å². The van der Waals surface area contributed by atoms with E-state index in [1.807, 2.05) is 0 Å². The first-order valence-corrected chi connectivity index (χ1v) is 8.68. The Hall–Kier alpha value is -2.37. The van der Waals surface area contributed by atoms with Gasteiger partial charge in [-0.1, -0.05) is 0 Å². The summed E-state index contributed by atoms with van der Waals surface area (Å²) in [5.74, 6) is 0.729. The molecule has 1 aliphatic heterocycles. The molecule has 1 saturated heterocycles. The molecule has 0 bridgehead atoms. The van der Waals surface area contributed by atoms with Crippen LogP contribution in [-0.4, -0.2) is 21.5 Å². The Bertz CT molecular complexity index is 876. The Labute approximate surface area is 138 Å². The van der Waals surface area contributed by atoms with Crippen LogP contribution < -0.4 is 4.90 Å². The molecular weight excluding hydrogens is 307 g/mol. The van der Waals surface area contributed by atoms with Crippen molar-refractivity contribution in [1.29, 1.82) is 0 Å². The van der Waals surface area contributed by atoms with E-state index in [9.17, 15) is 4.39 Å². The van der Waals surface area contributed by atoms with Gasteiger partial charge in [-0.2, -0.15) is 4.98 Å². The molecule has 5 nitrogen and oxygen atoms in total. The van der Waals surface area contributed by atoms with Gasteiger partial charge in [-0.15, -0.1) is 0 Å². The third-order valence-corrected chi connectivity index (χ3v) is 5.13. The number of imidazole rings is 1. The average molecular weight is 326 g/mol. The number of fused-ring (bicyclic) bond motifs is 2. The quantitative estimate of drug-likeness (QED) is 0.776. The van der Waals surface area contributed by atoms with Gasteiger partial charge in [0, 0.05) is 18.3 Å². The summed E-state index contributed by atoms with van der Waals surface area (Å²) in [6.07, 6.45) is 6.72. The van der Waals surface area contributed by atoms with Gasteiger partial charge in [0.25, 0.3) is 6.01 Å². The minimum atomic E-state index is -0.293. The lowest BCUT2D eigenvalue weighted by molar-refractivity contribution is 0.548. The number of benzene rings is 1. The zero-order valence-corrected chi connectivity index (χ0v) is 13.4. The van der Waals surface area contributed by atoms with Crippen molar-refractivity contribution in [3.63, 3.8) is 0 Å². The number of hydrogen-bond donors (Lipinski definition) is 1. The summed E-state index contributed by atoms with van der Waals surface area (Å²) in [7, 11) is 0. The summed E-state index contributed by atoms with van der Waals surface area (Å²) in [5, 5.41) is 0. The molecule has 1 fully saturated rings. The highest BCUT2D eigenvalue weighted by Crippen LogP contribution is 2.36. The molecule has 2 aliphatic rings. The van der Waals surface area contributed by atoms with Crippen LogP contribution in [-0.2, 0) is 12.8 Å². The highest BCUT2D eigenvalue weighted by molar-refractivity contribution is 5.74. The lowest BCUT2D eigenvalue weighted by atomic mass is 10.0. The standard InChI is InChI=1S/C18H19FN4O/c19-11-7-8-16-14(10-11)22-18(24-16)23-9-3-6-15(23)17-20-12-4-1-2-5-13(12)21-17/h7-8,10,15H,1-6,9H2,(H,20,21). The van der Waals surface area contributed by atoms with E-state index in [-0.39, 0.29) is 11.9 Å². The Morgan fingerprint density at radius 1 is 1.17 bits per heavy atom. The van der Waals surface area contributed by atoms with Crippen LogP contribution in [0.2, 0.25) is 0 Å². The fourth-order valence-corrected chi connectivity index (χ4v) is 3.92. The third-order valence-electron chi connectivity index (χ3n) is 5.13. The fourth-order valence-electron chi connectivity index (χ4n) is 3.92. The van der Waals surface area contributed by atoms with Crippen LogP contribution in [0.25, 0.3) is 11.1 Å². The van der Waals surface area contributed by atoms with Crippen LogP contribution in [0.15, 0.2) is 22.6 Å². The summed E-state index contributed by atoms with van der Waals surface area (Å²) < 4.78 is 19.3. The van der Waals surface area contributed by atoms with Crippen molar-refractivity contribution in [1.82, 2.24) is 15.0 Å². The molecule has 0 spiro atoms. The Balaban J connectivity index is 1.50. The molecular formula is C18H19FN4O. The molecule has 1 aliphatic carbocycles. The van der Waals surface area contributed by atoms with E-state index < -0.39 is 0 Å². The molecule has 124 valence electrons. The number of aromatic amines is 1. The maximum absolute atomic E-state index is 13.4. The van der Waals surface area contributed by atoms with Gasteiger partial charge in [0.1, 0.15) is 17.2 Å². The van der Waals surface area contributed by atoms with Crippen LogP contribution in [0.3, 0.4) is 0 Å². The molecule has 0 saturated carbocycles. The van der Waals surface area contributed by atoms with Crippen LogP contribution in [0, 0.1) is 5.82 Å². The zero-order valence-electron chi connectivity index (χ0n) is 13.4. The molecule has 0 amide bonds. The first-order valence-electron chi connectivity index (χ1n) is 8.68. The predicted molar refractivity (Wildman–Crippen MR) is 88.5 cm³/mol. The van der Waals surface area contributed by atoms with Gasteiger partial charge in [-0.25, -0.2) is 9.37 Å². The number of hydrogen-bond acceptors (Lipinski definition) is 4. The number of halogens is 1. The summed E-state index contributed by atoms with van der Waals surface area (Å²) in [6, 6.07) is 5.18. The lowest BCUT2D eigenvalue weighted by Crippen LogP contribution is -2.23. The molecule has 24 heavy (non-hydrogen) atoms. The van der Waals surface area contributed by atoms with Gasteiger partial charge in [-0.3, -0.25) is 0 Å². The summed E-state index contributed by atoms with van der Waals surface area (Å²) >= 11 is 0. The predicted octanol–water partition coefficient (Wildman–Crippen LogP) is 3.91. The Kier molecular flexibility index (Phi) is 3.11. The van der Waals surface area contributed by atoms with Crippen LogP contribution in [0.4, 0.5) is 10.4 Å². The minimum Gasteiger partial charge on any atom is -0.423 e. The number of aryl methyl sites for hydroxylation is 2. The van der Waals surface area contributed by atoms with E-state index in [2.05, 4.69) is 14.9 Å². The normalized spacial score (nSPS) is 20.7.